The molecule has 3 heterocycles. The summed E-state index contributed by atoms with van der Waals surface area (Å²) in [6, 6.07) is 16.8. The highest BCUT2D eigenvalue weighted by atomic mass is 19.1. The molecule has 6 nitrogen and oxygen atoms in total. The maximum atomic E-state index is 14.2. The SMILES string of the molecule is O=C(Nc1c([C@H](c2cccc(F)c2)N2CCOCC2)oc2ccccc12)c1ccco1. The van der Waals surface area contributed by atoms with E-state index in [9.17, 15) is 9.18 Å². The van der Waals surface area contributed by atoms with Gasteiger partial charge in [-0.25, -0.2) is 4.39 Å². The summed E-state index contributed by atoms with van der Waals surface area (Å²) in [6.45, 7) is 2.45. The molecule has 0 bridgehead atoms. The summed E-state index contributed by atoms with van der Waals surface area (Å²) in [5, 5.41) is 3.73. The third-order valence-corrected chi connectivity index (χ3v) is 5.43. The molecular weight excluding hydrogens is 399 g/mol. The lowest BCUT2D eigenvalue weighted by atomic mass is 10.00. The number of ether oxygens (including phenoxy) is 1. The largest absolute Gasteiger partial charge is 0.459 e. The van der Waals surface area contributed by atoms with Crippen LogP contribution < -0.4 is 5.32 Å². The average molecular weight is 420 g/mol. The maximum Gasteiger partial charge on any atom is 0.291 e. The molecule has 0 spiro atoms. The number of furan rings is 2. The predicted molar refractivity (Wildman–Crippen MR) is 114 cm³/mol. The molecule has 2 aromatic carbocycles. The Balaban J connectivity index is 1.65. The number of morpholine rings is 1. The molecule has 1 amide bonds. The summed E-state index contributed by atoms with van der Waals surface area (Å²) in [7, 11) is 0. The van der Waals surface area contributed by atoms with E-state index in [0.29, 0.717) is 43.3 Å². The molecule has 0 radical (unpaired) electrons. The van der Waals surface area contributed by atoms with Crippen molar-refractivity contribution >= 4 is 22.6 Å². The van der Waals surface area contributed by atoms with Gasteiger partial charge in [0.15, 0.2) is 5.76 Å². The zero-order valence-electron chi connectivity index (χ0n) is 16.7. The molecular formula is C24H21FN2O4. The number of anilines is 1. The highest BCUT2D eigenvalue weighted by Crippen LogP contribution is 2.40. The van der Waals surface area contributed by atoms with Crippen molar-refractivity contribution in [3.63, 3.8) is 0 Å². The highest BCUT2D eigenvalue weighted by molar-refractivity contribution is 6.08. The molecule has 1 atom stereocenters. The molecule has 1 aliphatic heterocycles. The lowest BCUT2D eigenvalue weighted by Gasteiger charge is -2.34. The first-order valence-corrected chi connectivity index (χ1v) is 10.1. The van der Waals surface area contributed by atoms with Crippen LogP contribution in [0.25, 0.3) is 11.0 Å². The fourth-order valence-electron chi connectivity index (χ4n) is 4.01. The lowest BCUT2D eigenvalue weighted by Crippen LogP contribution is -2.39. The topological polar surface area (TPSA) is 67.9 Å². The van der Waals surface area contributed by atoms with E-state index < -0.39 is 0 Å². The van der Waals surface area contributed by atoms with E-state index in [1.807, 2.05) is 30.3 Å². The van der Waals surface area contributed by atoms with Crippen LogP contribution in [0.1, 0.15) is 27.9 Å². The van der Waals surface area contributed by atoms with Crippen molar-refractivity contribution < 1.29 is 22.8 Å². The van der Waals surface area contributed by atoms with Gasteiger partial charge in [0.25, 0.3) is 5.91 Å². The smallest absolute Gasteiger partial charge is 0.291 e. The monoisotopic (exact) mass is 420 g/mol. The van der Waals surface area contributed by atoms with Crippen molar-refractivity contribution in [1.82, 2.24) is 4.90 Å². The fraction of sp³-hybridized carbons (Fsp3) is 0.208. The van der Waals surface area contributed by atoms with Crippen molar-refractivity contribution in [2.24, 2.45) is 0 Å². The summed E-state index contributed by atoms with van der Waals surface area (Å²) < 4.78 is 31.2. The molecule has 1 aliphatic rings. The van der Waals surface area contributed by atoms with Gasteiger partial charge in [-0.3, -0.25) is 9.69 Å². The second-order valence-electron chi connectivity index (χ2n) is 7.37. The van der Waals surface area contributed by atoms with Crippen molar-refractivity contribution in [3.05, 3.63) is 89.8 Å². The number of para-hydroxylation sites is 1. The number of halogens is 1. The number of amides is 1. The quantitative estimate of drug-likeness (QED) is 0.500. The van der Waals surface area contributed by atoms with Gasteiger partial charge in [-0.2, -0.15) is 0 Å². The summed E-state index contributed by atoms with van der Waals surface area (Å²) in [4.78, 5) is 15.0. The molecule has 31 heavy (non-hydrogen) atoms. The first-order chi connectivity index (χ1) is 15.2. The second kappa shape index (κ2) is 8.37. The minimum Gasteiger partial charge on any atom is -0.459 e. The molecule has 0 aliphatic carbocycles. The molecule has 1 fully saturated rings. The number of rotatable bonds is 5. The molecule has 2 aromatic heterocycles. The Morgan fingerprint density at radius 3 is 2.65 bits per heavy atom. The van der Waals surface area contributed by atoms with Gasteiger partial charge in [-0.1, -0.05) is 24.3 Å². The Hall–Kier alpha value is -3.42. The molecule has 1 saturated heterocycles. The number of fused-ring (bicyclic) bond motifs is 1. The van der Waals surface area contributed by atoms with Gasteiger partial charge in [0.2, 0.25) is 0 Å². The average Bonchev–Trinajstić information content (AvgIpc) is 3.44. The first-order valence-electron chi connectivity index (χ1n) is 10.1. The van der Waals surface area contributed by atoms with Crippen LogP contribution in [0.5, 0.6) is 0 Å². The Labute approximate surface area is 178 Å². The van der Waals surface area contributed by atoms with Crippen molar-refractivity contribution in [3.8, 4) is 0 Å². The summed E-state index contributed by atoms with van der Waals surface area (Å²) in [5.41, 5.74) is 1.94. The Bertz CT molecular complexity index is 1200. The van der Waals surface area contributed by atoms with Crippen molar-refractivity contribution in [1.29, 1.82) is 0 Å². The van der Waals surface area contributed by atoms with Gasteiger partial charge in [0.05, 0.1) is 31.2 Å². The number of carbonyl (C=O) groups excluding carboxylic acids is 1. The lowest BCUT2D eigenvalue weighted by molar-refractivity contribution is 0.0205. The standard InChI is InChI=1S/C24H21FN2O4/c25-17-6-3-5-16(15-17)22(27-10-13-29-14-11-27)23-21(18-7-1-2-8-19(18)31-23)26-24(28)20-9-4-12-30-20/h1-9,12,15,22H,10-11,13-14H2,(H,26,28)/t22-/m0/s1. The van der Waals surface area contributed by atoms with E-state index in [1.165, 1.54) is 18.4 Å². The number of hydrogen-bond acceptors (Lipinski definition) is 5. The molecule has 7 heteroatoms. The van der Waals surface area contributed by atoms with Crippen LogP contribution in [0, 0.1) is 5.82 Å². The third kappa shape index (κ3) is 3.85. The normalized spacial score (nSPS) is 15.8. The molecule has 1 N–H and O–H groups in total. The Morgan fingerprint density at radius 2 is 1.87 bits per heavy atom. The Kier molecular flexibility index (Phi) is 5.28. The van der Waals surface area contributed by atoms with Crippen molar-refractivity contribution in [2.45, 2.75) is 6.04 Å². The molecule has 158 valence electrons. The van der Waals surface area contributed by atoms with Crippen LogP contribution in [0.3, 0.4) is 0 Å². The highest BCUT2D eigenvalue weighted by Gasteiger charge is 2.32. The maximum absolute atomic E-state index is 14.2. The van der Waals surface area contributed by atoms with Gasteiger partial charge < -0.3 is 18.9 Å². The summed E-state index contributed by atoms with van der Waals surface area (Å²) in [5.74, 6) is 0.0457. The summed E-state index contributed by atoms with van der Waals surface area (Å²) in [6.07, 6.45) is 1.45. The van der Waals surface area contributed by atoms with Gasteiger partial charge in [-0.05, 0) is 42.0 Å². The first kappa shape index (κ1) is 19.5. The minimum absolute atomic E-state index is 0.199. The van der Waals surface area contributed by atoms with Crippen molar-refractivity contribution in [2.75, 3.05) is 31.6 Å². The fourth-order valence-corrected chi connectivity index (χ4v) is 4.01. The molecule has 0 unspecified atom stereocenters. The zero-order chi connectivity index (χ0) is 21.2. The third-order valence-electron chi connectivity index (χ3n) is 5.43. The van der Waals surface area contributed by atoms with Crippen LogP contribution in [0.2, 0.25) is 0 Å². The second-order valence-corrected chi connectivity index (χ2v) is 7.37. The number of hydrogen-bond donors (Lipinski definition) is 1. The number of nitrogens with one attached hydrogen (secondary N) is 1. The van der Waals surface area contributed by atoms with E-state index in [-0.39, 0.29) is 23.5 Å². The molecule has 5 rings (SSSR count). The van der Waals surface area contributed by atoms with Gasteiger partial charge in [0.1, 0.15) is 17.2 Å². The minimum atomic E-state index is -0.390. The molecule has 0 saturated carbocycles. The van der Waals surface area contributed by atoms with Crippen LogP contribution in [0.4, 0.5) is 10.1 Å². The van der Waals surface area contributed by atoms with Gasteiger partial charge in [0, 0.05) is 18.5 Å². The van der Waals surface area contributed by atoms with E-state index >= 15 is 0 Å². The number of benzene rings is 2. The van der Waals surface area contributed by atoms with E-state index in [1.54, 1.807) is 18.2 Å². The predicted octanol–water partition coefficient (Wildman–Crippen LogP) is 4.84. The molecule has 4 aromatic rings. The van der Waals surface area contributed by atoms with Gasteiger partial charge >= 0.3 is 0 Å². The number of nitrogens with zero attached hydrogens (tertiary/aromatic N) is 1. The van der Waals surface area contributed by atoms with E-state index in [4.69, 9.17) is 13.6 Å². The number of carbonyl (C=O) groups is 1. The van der Waals surface area contributed by atoms with Gasteiger partial charge in [-0.15, -0.1) is 0 Å². The van der Waals surface area contributed by atoms with Crippen LogP contribution in [-0.2, 0) is 4.74 Å². The van der Waals surface area contributed by atoms with Crippen LogP contribution in [-0.4, -0.2) is 37.1 Å². The Morgan fingerprint density at radius 1 is 1.03 bits per heavy atom. The zero-order valence-corrected chi connectivity index (χ0v) is 16.7. The van der Waals surface area contributed by atoms with Crippen LogP contribution in [0.15, 0.2) is 75.8 Å². The van der Waals surface area contributed by atoms with E-state index in [2.05, 4.69) is 10.2 Å². The van der Waals surface area contributed by atoms with Crippen LogP contribution >= 0.6 is 0 Å². The summed E-state index contributed by atoms with van der Waals surface area (Å²) >= 11 is 0. The van der Waals surface area contributed by atoms with E-state index in [0.717, 1.165) is 10.9 Å².